The number of nitrogens with one attached hydrogen (secondary N) is 1. The average Bonchev–Trinajstić information content (AvgIpc) is 2.84. The minimum atomic E-state index is -0.376. The zero-order valence-corrected chi connectivity index (χ0v) is 19.5. The van der Waals surface area contributed by atoms with Crippen LogP contribution in [-0.2, 0) is 0 Å². The highest BCUT2D eigenvalue weighted by Gasteiger charge is 2.14. The van der Waals surface area contributed by atoms with E-state index >= 15 is 0 Å². The number of phenols is 1. The second kappa shape index (κ2) is 9.70. The number of nitrogens with zero attached hydrogens (tertiary/aromatic N) is 2. The van der Waals surface area contributed by atoms with Gasteiger partial charge in [0, 0.05) is 21.0 Å². The first-order chi connectivity index (χ1) is 16.0. The molecule has 7 nitrogen and oxygen atoms in total. The highest BCUT2D eigenvalue weighted by atomic mass is 79.9. The Kier molecular flexibility index (Phi) is 6.55. The summed E-state index contributed by atoms with van der Waals surface area (Å²) in [6.45, 7) is 0. The lowest BCUT2D eigenvalue weighted by Gasteiger charge is -2.10. The van der Waals surface area contributed by atoms with E-state index in [0.29, 0.717) is 22.3 Å². The van der Waals surface area contributed by atoms with Crippen molar-refractivity contribution >= 4 is 39.0 Å². The van der Waals surface area contributed by atoms with Crippen LogP contribution in [0.1, 0.15) is 15.9 Å². The Balaban J connectivity index is 1.66. The molecular weight excluding hydrogens is 486 g/mol. The maximum atomic E-state index is 13.0. The number of amides is 1. The summed E-state index contributed by atoms with van der Waals surface area (Å²) >= 11 is 3.48. The predicted octanol–water partition coefficient (Wildman–Crippen LogP) is 5.15. The number of carbonyl (C=O) groups excluding carboxylic acids is 1. The van der Waals surface area contributed by atoms with Crippen LogP contribution in [0.25, 0.3) is 22.2 Å². The molecule has 0 atom stereocenters. The molecule has 0 fully saturated rings. The maximum Gasteiger partial charge on any atom is 0.272 e. The Morgan fingerprint density at radius 1 is 1.03 bits per heavy atom. The van der Waals surface area contributed by atoms with Gasteiger partial charge in [-0.2, -0.15) is 5.10 Å². The summed E-state index contributed by atoms with van der Waals surface area (Å²) in [6, 6.07) is 20.1. The van der Waals surface area contributed by atoms with Crippen LogP contribution in [0.2, 0.25) is 0 Å². The molecule has 0 aliphatic heterocycles. The van der Waals surface area contributed by atoms with Crippen molar-refractivity contribution < 1.29 is 19.4 Å². The molecule has 4 aromatic rings. The number of hydrogen-bond donors (Lipinski definition) is 2. The Morgan fingerprint density at radius 3 is 2.45 bits per heavy atom. The number of benzene rings is 3. The van der Waals surface area contributed by atoms with Gasteiger partial charge >= 0.3 is 0 Å². The molecule has 0 aliphatic carbocycles. The van der Waals surface area contributed by atoms with Gasteiger partial charge in [-0.15, -0.1) is 0 Å². The van der Waals surface area contributed by atoms with Crippen molar-refractivity contribution in [2.24, 2.45) is 5.10 Å². The van der Waals surface area contributed by atoms with Crippen molar-refractivity contribution in [2.45, 2.75) is 0 Å². The fourth-order valence-corrected chi connectivity index (χ4v) is 3.77. The van der Waals surface area contributed by atoms with E-state index in [-0.39, 0.29) is 23.2 Å². The van der Waals surface area contributed by atoms with Gasteiger partial charge in [0.25, 0.3) is 5.91 Å². The van der Waals surface area contributed by atoms with Crippen LogP contribution in [0.5, 0.6) is 17.2 Å². The van der Waals surface area contributed by atoms with E-state index in [4.69, 9.17) is 14.5 Å². The van der Waals surface area contributed by atoms with Gasteiger partial charge in [0.1, 0.15) is 0 Å². The van der Waals surface area contributed by atoms with Gasteiger partial charge in [-0.3, -0.25) is 4.79 Å². The molecule has 1 heterocycles. The first-order valence-electron chi connectivity index (χ1n) is 9.94. The van der Waals surface area contributed by atoms with Crippen molar-refractivity contribution in [1.29, 1.82) is 0 Å². The third-order valence-corrected chi connectivity index (χ3v) is 5.46. The number of aromatic hydroxyl groups is 1. The standard InChI is InChI=1S/C25H20BrN3O4/c1-32-22-10-15(11-23(33-2)24(22)30)14-27-29-25(31)19-13-21(16-6-5-7-17(26)12-16)28-20-9-4-3-8-18(19)20/h3-14,30H,1-2H3,(H,29,31). The number of phenolic OH excluding ortho intramolecular Hbond substituents is 1. The van der Waals surface area contributed by atoms with Gasteiger partial charge < -0.3 is 14.6 Å². The summed E-state index contributed by atoms with van der Waals surface area (Å²) in [5, 5.41) is 14.8. The summed E-state index contributed by atoms with van der Waals surface area (Å²) in [7, 11) is 2.88. The topological polar surface area (TPSA) is 93.0 Å². The minimum absolute atomic E-state index is 0.107. The molecule has 3 aromatic carbocycles. The molecular formula is C25H20BrN3O4. The lowest BCUT2D eigenvalue weighted by molar-refractivity contribution is 0.0956. The fourth-order valence-electron chi connectivity index (χ4n) is 3.37. The molecule has 0 spiro atoms. The van der Waals surface area contributed by atoms with E-state index in [1.807, 2.05) is 48.5 Å². The van der Waals surface area contributed by atoms with Gasteiger partial charge in [-0.25, -0.2) is 10.4 Å². The van der Waals surface area contributed by atoms with E-state index < -0.39 is 0 Å². The number of hydrogen-bond acceptors (Lipinski definition) is 6. The van der Waals surface area contributed by atoms with E-state index in [2.05, 4.69) is 26.5 Å². The van der Waals surface area contributed by atoms with Gasteiger partial charge in [-0.1, -0.05) is 46.3 Å². The van der Waals surface area contributed by atoms with E-state index in [9.17, 15) is 9.90 Å². The molecule has 1 amide bonds. The van der Waals surface area contributed by atoms with E-state index in [1.165, 1.54) is 20.4 Å². The van der Waals surface area contributed by atoms with Gasteiger partial charge in [0.05, 0.1) is 37.2 Å². The molecule has 33 heavy (non-hydrogen) atoms. The third-order valence-electron chi connectivity index (χ3n) is 4.96. The number of para-hydroxylation sites is 1. The number of carbonyl (C=O) groups is 1. The lowest BCUT2D eigenvalue weighted by atomic mass is 10.0. The number of fused-ring (bicyclic) bond motifs is 1. The van der Waals surface area contributed by atoms with Crippen molar-refractivity contribution in [1.82, 2.24) is 10.4 Å². The van der Waals surface area contributed by atoms with Crippen LogP contribution in [0, 0.1) is 0 Å². The molecule has 2 N–H and O–H groups in total. The van der Waals surface area contributed by atoms with Gasteiger partial charge in [0.15, 0.2) is 11.5 Å². The number of hydrazone groups is 1. The summed E-state index contributed by atoms with van der Waals surface area (Å²) in [5.74, 6) is -0.00911. The highest BCUT2D eigenvalue weighted by molar-refractivity contribution is 9.10. The van der Waals surface area contributed by atoms with Gasteiger partial charge in [-0.05, 0) is 36.4 Å². The highest BCUT2D eigenvalue weighted by Crippen LogP contribution is 2.36. The van der Waals surface area contributed by atoms with Crippen molar-refractivity contribution in [3.8, 4) is 28.5 Å². The summed E-state index contributed by atoms with van der Waals surface area (Å²) < 4.78 is 11.2. The molecule has 0 bridgehead atoms. The number of ether oxygens (including phenoxy) is 2. The Morgan fingerprint density at radius 2 is 1.76 bits per heavy atom. The number of pyridine rings is 1. The normalized spacial score (nSPS) is 11.0. The molecule has 0 saturated carbocycles. The van der Waals surface area contributed by atoms with E-state index in [0.717, 1.165) is 15.4 Å². The van der Waals surface area contributed by atoms with Crippen LogP contribution in [0.4, 0.5) is 0 Å². The second-order valence-electron chi connectivity index (χ2n) is 7.06. The van der Waals surface area contributed by atoms with Crippen molar-refractivity contribution in [2.75, 3.05) is 14.2 Å². The number of aromatic nitrogens is 1. The molecule has 0 saturated heterocycles. The molecule has 166 valence electrons. The van der Waals surface area contributed by atoms with E-state index in [1.54, 1.807) is 18.2 Å². The Labute approximate surface area is 198 Å². The summed E-state index contributed by atoms with van der Waals surface area (Å²) in [4.78, 5) is 17.8. The molecule has 4 rings (SSSR count). The maximum absolute atomic E-state index is 13.0. The average molecular weight is 506 g/mol. The van der Waals surface area contributed by atoms with Crippen LogP contribution in [-0.4, -0.2) is 36.4 Å². The van der Waals surface area contributed by atoms with Crippen molar-refractivity contribution in [3.05, 3.63) is 82.3 Å². The summed E-state index contributed by atoms with van der Waals surface area (Å²) in [6.07, 6.45) is 1.45. The monoisotopic (exact) mass is 505 g/mol. The van der Waals surface area contributed by atoms with Gasteiger partial charge in [0.2, 0.25) is 5.75 Å². The predicted molar refractivity (Wildman–Crippen MR) is 131 cm³/mol. The van der Waals surface area contributed by atoms with Crippen LogP contribution in [0.3, 0.4) is 0 Å². The molecule has 8 heteroatoms. The molecule has 0 aliphatic rings. The molecule has 1 aromatic heterocycles. The minimum Gasteiger partial charge on any atom is -0.502 e. The first kappa shape index (κ1) is 22.3. The smallest absolute Gasteiger partial charge is 0.272 e. The largest absolute Gasteiger partial charge is 0.502 e. The SMILES string of the molecule is COc1cc(C=NNC(=O)c2cc(-c3cccc(Br)c3)nc3ccccc23)cc(OC)c1O. The third kappa shape index (κ3) is 4.80. The Bertz CT molecular complexity index is 1350. The fraction of sp³-hybridized carbons (Fsp3) is 0.0800. The quantitative estimate of drug-likeness (QED) is 0.279. The number of methoxy groups -OCH3 is 2. The Hall–Kier alpha value is -3.91. The second-order valence-corrected chi connectivity index (χ2v) is 7.97. The summed E-state index contributed by atoms with van der Waals surface area (Å²) in [5.41, 5.74) is 5.87. The zero-order chi connectivity index (χ0) is 23.4. The zero-order valence-electron chi connectivity index (χ0n) is 17.9. The molecule has 0 radical (unpaired) electrons. The number of halogens is 1. The molecule has 0 unspecified atom stereocenters. The first-order valence-corrected chi connectivity index (χ1v) is 10.7. The lowest BCUT2D eigenvalue weighted by Crippen LogP contribution is -2.18. The van der Waals surface area contributed by atoms with Crippen LogP contribution < -0.4 is 14.9 Å². The van der Waals surface area contributed by atoms with Crippen LogP contribution in [0.15, 0.2) is 76.3 Å². The van der Waals surface area contributed by atoms with Crippen LogP contribution >= 0.6 is 15.9 Å². The van der Waals surface area contributed by atoms with Crippen molar-refractivity contribution in [3.63, 3.8) is 0 Å². The number of rotatable bonds is 6.